The monoisotopic (exact) mass is 142 g/mol. The molecule has 0 N–H and O–H groups in total. The van der Waals surface area contributed by atoms with Gasteiger partial charge in [-0.05, 0) is 0 Å². The summed E-state index contributed by atoms with van der Waals surface area (Å²) in [7, 11) is 3.76. The zero-order valence-corrected chi connectivity index (χ0v) is 7.91. The van der Waals surface area contributed by atoms with Crippen LogP contribution in [0.25, 0.3) is 0 Å². The van der Waals surface area contributed by atoms with Gasteiger partial charge in [-0.1, -0.05) is 25.9 Å². The van der Waals surface area contributed by atoms with Crippen LogP contribution in [0, 0.1) is 0 Å². The molecule has 0 aromatic rings. The highest BCUT2D eigenvalue weighted by atomic mass is 29.5. The average molecular weight is 142 g/mol. The van der Waals surface area contributed by atoms with Gasteiger partial charge in [0.1, 0.15) is 0 Å². The minimum Gasteiger partial charge on any atom is -0.0761 e. The summed E-state index contributed by atoms with van der Waals surface area (Å²) in [5, 5.41) is 0. The van der Waals surface area contributed by atoms with Gasteiger partial charge in [0, 0.05) is 26.6 Å². The maximum atomic E-state index is 2.29. The van der Waals surface area contributed by atoms with Crippen molar-refractivity contribution < 1.29 is 0 Å². The Balaban J connectivity index is 2.45. The molecule has 0 atom stereocenters. The summed E-state index contributed by atoms with van der Waals surface area (Å²) >= 11 is 0. The van der Waals surface area contributed by atoms with Gasteiger partial charge in [0.05, 0.1) is 0 Å². The highest BCUT2D eigenvalue weighted by Gasteiger charge is 1.83. The first-order chi connectivity index (χ1) is 3.41. The maximum Gasteiger partial charge on any atom is 0.0183 e. The summed E-state index contributed by atoms with van der Waals surface area (Å²) in [6.07, 6.45) is 1.38. The third-order valence-electron chi connectivity index (χ3n) is 0.588. The largest absolute Gasteiger partial charge is 0.0761 e. The van der Waals surface area contributed by atoms with Crippen molar-refractivity contribution in [3.8, 4) is 0 Å². The van der Waals surface area contributed by atoms with Crippen LogP contribution in [0.3, 0.4) is 0 Å². The molecule has 7 heavy (non-hydrogen) atoms. The van der Waals surface area contributed by atoms with Crippen molar-refractivity contribution in [1.82, 2.24) is 0 Å². The van der Waals surface area contributed by atoms with E-state index >= 15 is 0 Å². The van der Waals surface area contributed by atoms with Gasteiger partial charge in [-0.25, -0.2) is 0 Å². The highest BCUT2D eigenvalue weighted by molar-refractivity contribution is 7.29. The van der Waals surface area contributed by atoms with Gasteiger partial charge in [0.15, 0.2) is 0 Å². The lowest BCUT2D eigenvalue weighted by molar-refractivity contribution is 1.08. The van der Waals surface area contributed by atoms with Crippen molar-refractivity contribution >= 4 is 26.6 Å². The average Bonchev–Trinajstić information content (AvgIpc) is 1.69. The Hall–Kier alpha value is 0.651. The first kappa shape index (κ1) is 7.65. The van der Waals surface area contributed by atoms with E-state index in [2.05, 4.69) is 13.5 Å². The molecule has 0 aliphatic heterocycles. The summed E-state index contributed by atoms with van der Waals surface area (Å²) in [5.74, 6) is 0. The van der Waals surface area contributed by atoms with Crippen molar-refractivity contribution in [3.05, 3.63) is 0 Å². The molecule has 0 aromatic heterocycles. The van der Waals surface area contributed by atoms with Gasteiger partial charge in [0.25, 0.3) is 0 Å². The van der Waals surface area contributed by atoms with E-state index in [9.17, 15) is 0 Å². The molecule has 0 nitrogen and oxygen atoms in total. The van der Waals surface area contributed by atoms with Crippen LogP contribution in [0.4, 0.5) is 0 Å². The zero-order chi connectivity index (χ0) is 5.54. The van der Waals surface area contributed by atoms with Gasteiger partial charge >= 0.3 is 0 Å². The number of rotatable bonds is 4. The summed E-state index contributed by atoms with van der Waals surface area (Å²) in [5.41, 5.74) is 0. The van der Waals surface area contributed by atoms with E-state index < -0.39 is 0 Å². The maximum absolute atomic E-state index is 2.29. The minimum absolute atomic E-state index is 1.21. The van der Waals surface area contributed by atoms with Gasteiger partial charge in [-0.3, -0.25) is 0 Å². The molecule has 0 aliphatic carbocycles. The lowest BCUT2D eigenvalue weighted by Crippen LogP contribution is -2.07. The normalized spacial score (nSPS) is 9.43. The summed E-state index contributed by atoms with van der Waals surface area (Å²) in [4.78, 5) is 0. The molecule has 0 saturated heterocycles. The zero-order valence-electron chi connectivity index (χ0n) is 4.91. The topological polar surface area (TPSA) is 0 Å². The Labute approximate surface area is 53.1 Å². The molecule has 0 amide bonds. The standard InChI is InChI=1S/C4H10Si3/c1-3-4-6-7-5-2/h3-4H2,1-2H3. The molecule has 0 unspecified atom stereocenters. The molecule has 0 rings (SSSR count). The van der Waals surface area contributed by atoms with Crippen molar-refractivity contribution in [2.75, 3.05) is 0 Å². The fraction of sp³-hybridized carbons (Fsp3) is 1.00. The van der Waals surface area contributed by atoms with E-state index in [0.29, 0.717) is 0 Å². The molecular formula is C4H10Si3. The van der Waals surface area contributed by atoms with Crippen molar-refractivity contribution in [2.45, 2.75) is 25.9 Å². The van der Waals surface area contributed by atoms with Crippen LogP contribution < -0.4 is 0 Å². The molecule has 38 valence electrons. The first-order valence-electron chi connectivity index (χ1n) is 2.56. The smallest absolute Gasteiger partial charge is 0.0183 e. The molecular weight excluding hydrogens is 132 g/mol. The van der Waals surface area contributed by atoms with Crippen molar-refractivity contribution in [2.24, 2.45) is 0 Å². The Kier molecular flexibility index (Phi) is 7.27. The first-order valence-corrected chi connectivity index (χ1v) is 8.27. The molecule has 0 aromatic carbocycles. The summed E-state index contributed by atoms with van der Waals surface area (Å²) < 4.78 is 0. The van der Waals surface area contributed by atoms with E-state index in [1.165, 1.54) is 39.1 Å². The van der Waals surface area contributed by atoms with E-state index in [0.717, 1.165) is 0 Å². The lowest BCUT2D eigenvalue weighted by atomic mass is 10.6. The van der Waals surface area contributed by atoms with Crippen molar-refractivity contribution in [1.29, 1.82) is 0 Å². The van der Waals surface area contributed by atoms with Gasteiger partial charge < -0.3 is 0 Å². The van der Waals surface area contributed by atoms with Crippen LogP contribution in [-0.4, -0.2) is 26.6 Å². The van der Waals surface area contributed by atoms with Gasteiger partial charge in [-0.2, -0.15) is 0 Å². The van der Waals surface area contributed by atoms with Crippen LogP contribution in [0.15, 0.2) is 0 Å². The van der Waals surface area contributed by atoms with Crippen molar-refractivity contribution in [3.63, 3.8) is 0 Å². The predicted molar refractivity (Wildman–Crippen MR) is 38.2 cm³/mol. The molecule has 3 heteroatoms. The number of hydrogen-bond acceptors (Lipinski definition) is 0. The molecule has 0 aliphatic rings. The van der Waals surface area contributed by atoms with E-state index in [-0.39, 0.29) is 0 Å². The van der Waals surface area contributed by atoms with E-state index in [4.69, 9.17) is 0 Å². The Morgan fingerprint density at radius 3 is 2.57 bits per heavy atom. The molecule has 0 saturated carbocycles. The number of hydrogen-bond donors (Lipinski definition) is 0. The van der Waals surface area contributed by atoms with Crippen LogP contribution >= 0.6 is 0 Å². The van der Waals surface area contributed by atoms with Gasteiger partial charge in [-0.15, -0.1) is 0 Å². The third kappa shape index (κ3) is 6.65. The molecule has 0 spiro atoms. The summed E-state index contributed by atoms with van der Waals surface area (Å²) in [6, 6.07) is 1.47. The van der Waals surface area contributed by atoms with E-state index in [1.54, 1.807) is 0 Å². The fourth-order valence-electron chi connectivity index (χ4n) is 0.276. The molecule has 0 heterocycles. The second-order valence-electron chi connectivity index (χ2n) is 1.30. The second-order valence-corrected chi connectivity index (χ2v) is 8.47. The van der Waals surface area contributed by atoms with E-state index in [1.807, 2.05) is 0 Å². The Morgan fingerprint density at radius 2 is 2.14 bits per heavy atom. The van der Waals surface area contributed by atoms with Crippen LogP contribution in [0.2, 0.25) is 12.6 Å². The van der Waals surface area contributed by atoms with Crippen LogP contribution in [0.5, 0.6) is 0 Å². The summed E-state index contributed by atoms with van der Waals surface area (Å²) in [6.45, 7) is 4.55. The SMILES string of the molecule is CCC[Si][Si][Si]C. The van der Waals surface area contributed by atoms with Gasteiger partial charge in [0.2, 0.25) is 0 Å². The Morgan fingerprint density at radius 1 is 1.43 bits per heavy atom. The molecule has 6 radical (unpaired) electrons. The predicted octanol–water partition coefficient (Wildman–Crippen LogP) is 0.805. The van der Waals surface area contributed by atoms with Crippen LogP contribution in [0.1, 0.15) is 13.3 Å². The Bertz CT molecular complexity index is 26.1. The third-order valence-corrected chi connectivity index (χ3v) is 7.64. The minimum atomic E-state index is 1.21. The quantitative estimate of drug-likeness (QED) is 0.402. The highest BCUT2D eigenvalue weighted by Crippen LogP contribution is 1.81. The fourth-order valence-corrected chi connectivity index (χ4v) is 5.20. The molecule has 0 bridgehead atoms. The lowest BCUT2D eigenvalue weighted by Gasteiger charge is -1.87. The molecule has 0 fully saturated rings. The second kappa shape index (κ2) is 6.65. The van der Waals surface area contributed by atoms with Crippen LogP contribution in [-0.2, 0) is 0 Å².